The minimum atomic E-state index is 0.324. The van der Waals surface area contributed by atoms with E-state index in [4.69, 9.17) is 5.11 Å². The van der Waals surface area contributed by atoms with E-state index < -0.39 is 0 Å². The molecule has 1 heterocycles. The van der Waals surface area contributed by atoms with E-state index in [0.29, 0.717) is 6.61 Å². The van der Waals surface area contributed by atoms with Crippen molar-refractivity contribution >= 4 is 11.3 Å². The lowest BCUT2D eigenvalue weighted by Gasteiger charge is -2.02. The highest BCUT2D eigenvalue weighted by atomic mass is 32.1. The number of unbranched alkanes of at least 4 members (excludes halogenated alkanes) is 3. The number of thiophene rings is 1. The molecule has 0 amide bonds. The van der Waals surface area contributed by atoms with Crippen molar-refractivity contribution in [1.29, 1.82) is 0 Å². The lowest BCUT2D eigenvalue weighted by atomic mass is 10.1. The van der Waals surface area contributed by atoms with E-state index in [9.17, 15) is 0 Å². The van der Waals surface area contributed by atoms with Crippen molar-refractivity contribution in [3.8, 4) is 11.1 Å². The van der Waals surface area contributed by atoms with Crippen molar-refractivity contribution in [2.45, 2.75) is 32.2 Å². The summed E-state index contributed by atoms with van der Waals surface area (Å²) in [7, 11) is 0. The summed E-state index contributed by atoms with van der Waals surface area (Å²) >= 11 is 1.82. The van der Waals surface area contributed by atoms with Crippen LogP contribution in [0.25, 0.3) is 11.1 Å². The van der Waals surface area contributed by atoms with Gasteiger partial charge in [0.2, 0.25) is 0 Å². The van der Waals surface area contributed by atoms with Crippen molar-refractivity contribution in [2.75, 3.05) is 13.2 Å². The Kier molecular flexibility index (Phi) is 6.78. The van der Waals surface area contributed by atoms with Gasteiger partial charge in [-0.05, 0) is 42.0 Å². The molecule has 0 spiro atoms. The van der Waals surface area contributed by atoms with Crippen LogP contribution in [0.1, 0.15) is 30.6 Å². The smallest absolute Gasteiger partial charge is 0.0431 e. The number of hydrogen-bond acceptors (Lipinski definition) is 3. The topological polar surface area (TPSA) is 32.3 Å². The molecule has 2 rings (SSSR count). The zero-order valence-electron chi connectivity index (χ0n) is 11.8. The standard InChI is InChI=1S/C17H23NOS/c19-11-7-2-1-6-10-18-13-17-12-16(14-20-17)15-8-4-3-5-9-15/h3-5,8-9,12,14,18-19H,1-2,6-7,10-11,13H2. The molecule has 1 aromatic carbocycles. The summed E-state index contributed by atoms with van der Waals surface area (Å²) in [5.74, 6) is 0. The SMILES string of the molecule is OCCCCCCNCc1cc(-c2ccccc2)cs1. The van der Waals surface area contributed by atoms with E-state index in [2.05, 4.69) is 47.1 Å². The fourth-order valence-corrected chi connectivity index (χ4v) is 3.05. The molecule has 3 heteroatoms. The van der Waals surface area contributed by atoms with Gasteiger partial charge in [-0.2, -0.15) is 0 Å². The molecule has 0 atom stereocenters. The number of aliphatic hydroxyl groups is 1. The second-order valence-electron chi connectivity index (χ2n) is 4.98. The molecule has 0 aliphatic heterocycles. The maximum absolute atomic E-state index is 8.70. The van der Waals surface area contributed by atoms with Gasteiger partial charge in [0.25, 0.3) is 0 Å². The summed E-state index contributed by atoms with van der Waals surface area (Å²) < 4.78 is 0. The number of nitrogens with one attached hydrogen (secondary N) is 1. The largest absolute Gasteiger partial charge is 0.396 e. The molecular formula is C17H23NOS. The fraction of sp³-hybridized carbons (Fsp3) is 0.412. The monoisotopic (exact) mass is 289 g/mol. The summed E-state index contributed by atoms with van der Waals surface area (Å²) in [5, 5.41) is 14.4. The lowest BCUT2D eigenvalue weighted by Crippen LogP contribution is -2.13. The molecule has 0 aliphatic carbocycles. The normalized spacial score (nSPS) is 10.8. The van der Waals surface area contributed by atoms with Crippen LogP contribution in [0, 0.1) is 0 Å². The van der Waals surface area contributed by atoms with Crippen LogP contribution >= 0.6 is 11.3 Å². The Balaban J connectivity index is 1.69. The van der Waals surface area contributed by atoms with Gasteiger partial charge in [0.1, 0.15) is 0 Å². The molecule has 20 heavy (non-hydrogen) atoms. The Hall–Kier alpha value is -1.16. The minimum Gasteiger partial charge on any atom is -0.396 e. The van der Waals surface area contributed by atoms with Gasteiger partial charge in [-0.15, -0.1) is 11.3 Å². The van der Waals surface area contributed by atoms with Crippen LogP contribution in [0.4, 0.5) is 0 Å². The van der Waals surface area contributed by atoms with E-state index >= 15 is 0 Å². The van der Waals surface area contributed by atoms with Crippen molar-refractivity contribution in [3.05, 3.63) is 46.7 Å². The summed E-state index contributed by atoms with van der Waals surface area (Å²) in [5.41, 5.74) is 2.61. The van der Waals surface area contributed by atoms with E-state index in [0.717, 1.165) is 25.9 Å². The Morgan fingerprint density at radius 2 is 1.75 bits per heavy atom. The van der Waals surface area contributed by atoms with E-state index in [-0.39, 0.29) is 0 Å². The van der Waals surface area contributed by atoms with Crippen LogP contribution in [0.5, 0.6) is 0 Å². The molecule has 0 bridgehead atoms. The van der Waals surface area contributed by atoms with Crippen molar-refractivity contribution in [2.24, 2.45) is 0 Å². The molecule has 0 saturated heterocycles. The molecule has 0 saturated carbocycles. The van der Waals surface area contributed by atoms with Crippen LogP contribution < -0.4 is 5.32 Å². The van der Waals surface area contributed by atoms with Crippen LogP contribution in [-0.4, -0.2) is 18.3 Å². The summed E-state index contributed by atoms with van der Waals surface area (Å²) in [6.45, 7) is 2.34. The Bertz CT molecular complexity index is 481. The van der Waals surface area contributed by atoms with Gasteiger partial charge >= 0.3 is 0 Å². The molecule has 0 radical (unpaired) electrons. The first-order valence-electron chi connectivity index (χ1n) is 7.34. The predicted molar refractivity (Wildman–Crippen MR) is 87.0 cm³/mol. The van der Waals surface area contributed by atoms with Gasteiger partial charge in [0.15, 0.2) is 0 Å². The van der Waals surface area contributed by atoms with E-state index in [1.807, 2.05) is 11.3 Å². The van der Waals surface area contributed by atoms with Crippen LogP contribution in [0.3, 0.4) is 0 Å². The molecule has 0 aliphatic rings. The van der Waals surface area contributed by atoms with Crippen LogP contribution in [0.15, 0.2) is 41.8 Å². The highest BCUT2D eigenvalue weighted by Crippen LogP contribution is 2.25. The van der Waals surface area contributed by atoms with Gasteiger partial charge in [-0.25, -0.2) is 0 Å². The average Bonchev–Trinajstić information content (AvgIpc) is 2.96. The Morgan fingerprint density at radius 1 is 0.950 bits per heavy atom. The molecule has 108 valence electrons. The average molecular weight is 289 g/mol. The number of benzene rings is 1. The quantitative estimate of drug-likeness (QED) is 0.682. The van der Waals surface area contributed by atoms with E-state index in [1.54, 1.807) is 0 Å². The minimum absolute atomic E-state index is 0.324. The second kappa shape index (κ2) is 8.90. The first-order chi connectivity index (χ1) is 9.90. The van der Waals surface area contributed by atoms with Gasteiger partial charge < -0.3 is 10.4 Å². The third-order valence-electron chi connectivity index (χ3n) is 3.32. The number of rotatable bonds is 9. The molecule has 2 N–H and O–H groups in total. The van der Waals surface area contributed by atoms with Gasteiger partial charge in [0, 0.05) is 18.0 Å². The zero-order chi connectivity index (χ0) is 14.0. The Morgan fingerprint density at radius 3 is 2.55 bits per heavy atom. The van der Waals surface area contributed by atoms with Gasteiger partial charge in [-0.1, -0.05) is 43.2 Å². The van der Waals surface area contributed by atoms with Gasteiger partial charge in [0.05, 0.1) is 0 Å². The molecule has 2 nitrogen and oxygen atoms in total. The number of aliphatic hydroxyl groups excluding tert-OH is 1. The fourth-order valence-electron chi connectivity index (χ4n) is 2.18. The molecule has 0 fully saturated rings. The first-order valence-corrected chi connectivity index (χ1v) is 8.22. The second-order valence-corrected chi connectivity index (χ2v) is 5.98. The predicted octanol–water partition coefficient (Wildman–Crippen LogP) is 4.06. The number of hydrogen-bond donors (Lipinski definition) is 2. The van der Waals surface area contributed by atoms with E-state index in [1.165, 1.54) is 28.8 Å². The molecular weight excluding hydrogens is 266 g/mol. The Labute approximate surface area is 125 Å². The highest BCUT2D eigenvalue weighted by molar-refractivity contribution is 7.10. The summed E-state index contributed by atoms with van der Waals surface area (Å²) in [6, 6.07) is 12.8. The summed E-state index contributed by atoms with van der Waals surface area (Å²) in [4.78, 5) is 1.39. The third kappa shape index (κ3) is 5.08. The molecule has 2 aromatic rings. The first kappa shape index (κ1) is 15.2. The summed E-state index contributed by atoms with van der Waals surface area (Å²) in [6.07, 6.45) is 4.46. The third-order valence-corrected chi connectivity index (χ3v) is 4.26. The zero-order valence-corrected chi connectivity index (χ0v) is 12.7. The highest BCUT2D eigenvalue weighted by Gasteiger charge is 2.01. The maximum atomic E-state index is 8.70. The van der Waals surface area contributed by atoms with Crippen LogP contribution in [0.2, 0.25) is 0 Å². The van der Waals surface area contributed by atoms with Crippen molar-refractivity contribution in [1.82, 2.24) is 5.32 Å². The van der Waals surface area contributed by atoms with Crippen molar-refractivity contribution < 1.29 is 5.11 Å². The van der Waals surface area contributed by atoms with Gasteiger partial charge in [-0.3, -0.25) is 0 Å². The van der Waals surface area contributed by atoms with Crippen LogP contribution in [-0.2, 0) is 6.54 Å². The molecule has 0 unspecified atom stereocenters. The maximum Gasteiger partial charge on any atom is 0.0431 e. The lowest BCUT2D eigenvalue weighted by molar-refractivity contribution is 0.282. The van der Waals surface area contributed by atoms with Crippen molar-refractivity contribution in [3.63, 3.8) is 0 Å². The molecule has 1 aromatic heterocycles.